The number of hydrogen-bond donors (Lipinski definition) is 2. The summed E-state index contributed by atoms with van der Waals surface area (Å²) in [6, 6.07) is 2.15. The minimum atomic E-state index is 0.757. The largest absolute Gasteiger partial charge is 0.300 e. The molecule has 2 aromatic heterocycles. The van der Waals surface area contributed by atoms with Crippen molar-refractivity contribution in [1.29, 1.82) is 0 Å². The lowest BCUT2D eigenvalue weighted by atomic mass is 10.4. The Kier molecular flexibility index (Phi) is 4.52. The molecule has 0 saturated carbocycles. The van der Waals surface area contributed by atoms with Crippen LogP contribution in [-0.2, 0) is 13.1 Å². The van der Waals surface area contributed by atoms with Crippen LogP contribution < -0.4 is 11.3 Å². The topological polar surface area (TPSA) is 54.2 Å². The third-order valence-electron chi connectivity index (χ3n) is 2.15. The number of hydrazine groups is 1. The lowest BCUT2D eigenvalue weighted by molar-refractivity contribution is 0.324. The van der Waals surface area contributed by atoms with Crippen molar-refractivity contribution in [2.75, 3.05) is 12.5 Å². The van der Waals surface area contributed by atoms with Gasteiger partial charge in [-0.05, 0) is 29.0 Å². The average molecular weight is 333 g/mol. The van der Waals surface area contributed by atoms with Crippen molar-refractivity contribution in [1.82, 2.24) is 9.88 Å². The van der Waals surface area contributed by atoms with Crippen LogP contribution in [-0.4, -0.2) is 16.9 Å². The summed E-state index contributed by atoms with van der Waals surface area (Å²) in [7, 11) is 2.10. The molecule has 0 fully saturated rings. The lowest BCUT2D eigenvalue weighted by Crippen LogP contribution is -2.15. The predicted octanol–water partition coefficient (Wildman–Crippen LogP) is 2.88. The first-order chi connectivity index (χ1) is 8.17. The SMILES string of the molecule is CN(Cc1cc(Br)cs1)Cc1cnc(NN)s1. The molecule has 2 heterocycles. The summed E-state index contributed by atoms with van der Waals surface area (Å²) in [6.45, 7) is 1.83. The summed E-state index contributed by atoms with van der Waals surface area (Å²) < 4.78 is 1.15. The normalized spacial score (nSPS) is 11.1. The molecule has 0 aliphatic rings. The van der Waals surface area contributed by atoms with Crippen LogP contribution in [0.4, 0.5) is 5.13 Å². The minimum Gasteiger partial charge on any atom is -0.300 e. The van der Waals surface area contributed by atoms with Crippen LogP contribution in [0.25, 0.3) is 0 Å². The molecule has 3 N–H and O–H groups in total. The van der Waals surface area contributed by atoms with Gasteiger partial charge in [-0.25, -0.2) is 10.8 Å². The van der Waals surface area contributed by atoms with E-state index in [1.807, 2.05) is 6.20 Å². The van der Waals surface area contributed by atoms with E-state index in [-0.39, 0.29) is 0 Å². The molecule has 0 aromatic carbocycles. The van der Waals surface area contributed by atoms with Crippen molar-refractivity contribution in [2.45, 2.75) is 13.1 Å². The van der Waals surface area contributed by atoms with Gasteiger partial charge in [0.15, 0.2) is 5.13 Å². The zero-order chi connectivity index (χ0) is 12.3. The summed E-state index contributed by atoms with van der Waals surface area (Å²) in [6.07, 6.45) is 1.86. The molecule has 0 saturated heterocycles. The van der Waals surface area contributed by atoms with Crippen molar-refractivity contribution >= 4 is 43.7 Å². The number of nitrogen functional groups attached to an aromatic ring is 1. The number of hydrogen-bond acceptors (Lipinski definition) is 6. The molecule has 0 radical (unpaired) electrons. The second kappa shape index (κ2) is 5.92. The zero-order valence-electron chi connectivity index (χ0n) is 9.31. The number of aromatic nitrogens is 1. The van der Waals surface area contributed by atoms with Crippen molar-refractivity contribution in [3.63, 3.8) is 0 Å². The fourth-order valence-electron chi connectivity index (χ4n) is 1.47. The number of nitrogens with one attached hydrogen (secondary N) is 1. The van der Waals surface area contributed by atoms with Gasteiger partial charge in [0.05, 0.1) is 0 Å². The van der Waals surface area contributed by atoms with E-state index in [0.717, 1.165) is 22.7 Å². The van der Waals surface area contributed by atoms with E-state index in [9.17, 15) is 0 Å². The molecule has 2 aromatic rings. The zero-order valence-corrected chi connectivity index (χ0v) is 12.5. The first-order valence-electron chi connectivity index (χ1n) is 5.00. The molecular formula is C10H13BrN4S2. The molecule has 2 rings (SSSR count). The first kappa shape index (κ1) is 13.0. The Morgan fingerprint density at radius 3 is 2.82 bits per heavy atom. The molecule has 92 valence electrons. The standard InChI is InChI=1S/C10H13BrN4S2/c1-15(4-8-2-7(11)6-16-8)5-9-3-13-10(14-12)17-9/h2-3,6H,4-5,12H2,1H3,(H,13,14). The van der Waals surface area contributed by atoms with Gasteiger partial charge in [0.1, 0.15) is 0 Å². The number of nitrogens with zero attached hydrogens (tertiary/aromatic N) is 2. The third kappa shape index (κ3) is 3.75. The highest BCUT2D eigenvalue weighted by molar-refractivity contribution is 9.10. The van der Waals surface area contributed by atoms with Gasteiger partial charge in [-0.15, -0.1) is 11.3 Å². The quantitative estimate of drug-likeness (QED) is 0.653. The maximum absolute atomic E-state index is 5.30. The van der Waals surface area contributed by atoms with Crippen LogP contribution in [0.15, 0.2) is 22.1 Å². The number of rotatable bonds is 5. The first-order valence-corrected chi connectivity index (χ1v) is 7.49. The van der Waals surface area contributed by atoms with Crippen molar-refractivity contribution in [3.8, 4) is 0 Å². The summed E-state index contributed by atoms with van der Waals surface area (Å²) in [5, 5.41) is 2.86. The van der Waals surface area contributed by atoms with Gasteiger partial charge >= 0.3 is 0 Å². The monoisotopic (exact) mass is 332 g/mol. The van der Waals surface area contributed by atoms with E-state index in [4.69, 9.17) is 5.84 Å². The number of anilines is 1. The summed E-state index contributed by atoms with van der Waals surface area (Å²) in [4.78, 5) is 8.96. The second-order valence-electron chi connectivity index (χ2n) is 3.68. The fourth-order valence-corrected chi connectivity index (χ4v) is 3.81. The number of halogens is 1. The van der Waals surface area contributed by atoms with E-state index < -0.39 is 0 Å². The predicted molar refractivity (Wildman–Crippen MR) is 77.1 cm³/mol. The molecule has 0 aliphatic heterocycles. The van der Waals surface area contributed by atoms with Crippen LogP contribution >= 0.6 is 38.6 Å². The lowest BCUT2D eigenvalue weighted by Gasteiger charge is -2.13. The molecule has 0 aliphatic carbocycles. The molecule has 17 heavy (non-hydrogen) atoms. The second-order valence-corrected chi connectivity index (χ2v) is 6.71. The average Bonchev–Trinajstić information content (AvgIpc) is 2.88. The maximum Gasteiger partial charge on any atom is 0.197 e. The smallest absolute Gasteiger partial charge is 0.197 e. The number of thiophene rings is 1. The summed E-state index contributed by atoms with van der Waals surface area (Å²) in [5.74, 6) is 5.30. The van der Waals surface area contributed by atoms with Crippen LogP contribution in [0.2, 0.25) is 0 Å². The van der Waals surface area contributed by atoms with Gasteiger partial charge in [0.25, 0.3) is 0 Å². The summed E-state index contributed by atoms with van der Waals surface area (Å²) >= 11 is 6.81. The highest BCUT2D eigenvalue weighted by Gasteiger charge is 2.06. The van der Waals surface area contributed by atoms with Crippen LogP contribution in [0, 0.1) is 0 Å². The van der Waals surface area contributed by atoms with Crippen LogP contribution in [0.5, 0.6) is 0 Å². The molecule has 4 nitrogen and oxygen atoms in total. The van der Waals surface area contributed by atoms with Crippen molar-refractivity contribution in [2.24, 2.45) is 5.84 Å². The van der Waals surface area contributed by atoms with E-state index in [0.29, 0.717) is 0 Å². The number of nitrogens with two attached hydrogens (primary N) is 1. The highest BCUT2D eigenvalue weighted by Crippen LogP contribution is 2.23. The molecule has 0 spiro atoms. The minimum absolute atomic E-state index is 0.757. The Labute approximate surface area is 117 Å². The summed E-state index contributed by atoms with van der Waals surface area (Å²) in [5.41, 5.74) is 2.56. The Hall–Kier alpha value is -0.470. The Bertz CT molecular complexity index is 482. The van der Waals surface area contributed by atoms with Gasteiger partial charge < -0.3 is 0 Å². The van der Waals surface area contributed by atoms with Gasteiger partial charge in [-0.1, -0.05) is 11.3 Å². The van der Waals surface area contributed by atoms with E-state index in [1.54, 1.807) is 22.7 Å². The van der Waals surface area contributed by atoms with Crippen molar-refractivity contribution < 1.29 is 0 Å². The van der Waals surface area contributed by atoms with E-state index in [1.165, 1.54) is 9.75 Å². The highest BCUT2D eigenvalue weighted by atomic mass is 79.9. The Morgan fingerprint density at radius 1 is 1.47 bits per heavy atom. The molecule has 0 amide bonds. The molecular weight excluding hydrogens is 320 g/mol. The molecule has 0 bridgehead atoms. The molecule has 0 atom stereocenters. The fraction of sp³-hybridized carbons (Fsp3) is 0.300. The third-order valence-corrected chi connectivity index (χ3v) is 4.75. The van der Waals surface area contributed by atoms with Gasteiger partial charge in [-0.2, -0.15) is 0 Å². The maximum atomic E-state index is 5.30. The van der Waals surface area contributed by atoms with Gasteiger partial charge in [0.2, 0.25) is 0 Å². The Balaban J connectivity index is 1.90. The molecule has 7 heteroatoms. The van der Waals surface area contributed by atoms with E-state index in [2.05, 4.69) is 49.7 Å². The number of thiazole rings is 1. The van der Waals surface area contributed by atoms with Gasteiger partial charge in [0, 0.05) is 38.9 Å². The van der Waals surface area contributed by atoms with Gasteiger partial charge in [-0.3, -0.25) is 10.3 Å². The van der Waals surface area contributed by atoms with Crippen LogP contribution in [0.1, 0.15) is 9.75 Å². The molecule has 0 unspecified atom stereocenters. The van der Waals surface area contributed by atoms with Crippen molar-refractivity contribution in [3.05, 3.63) is 31.9 Å². The van der Waals surface area contributed by atoms with E-state index >= 15 is 0 Å². The van der Waals surface area contributed by atoms with Crippen LogP contribution in [0.3, 0.4) is 0 Å². The Morgan fingerprint density at radius 2 is 2.24 bits per heavy atom.